The van der Waals surface area contributed by atoms with Gasteiger partial charge in [-0.3, -0.25) is 4.79 Å². The van der Waals surface area contributed by atoms with Crippen molar-refractivity contribution in [2.45, 2.75) is 20.3 Å². The van der Waals surface area contributed by atoms with Crippen LogP contribution in [0.2, 0.25) is 0 Å². The number of amides is 1. The summed E-state index contributed by atoms with van der Waals surface area (Å²) in [7, 11) is 0. The minimum atomic E-state index is -0.137. The van der Waals surface area contributed by atoms with E-state index in [1.165, 1.54) is 0 Å². The number of nitrogens with zero attached hydrogens (tertiary/aromatic N) is 1. The van der Waals surface area contributed by atoms with E-state index in [2.05, 4.69) is 38.5 Å². The molecule has 0 fully saturated rings. The molecule has 0 saturated carbocycles. The zero-order valence-electron chi connectivity index (χ0n) is 12.1. The molecule has 2 N–H and O–H groups in total. The predicted molar refractivity (Wildman–Crippen MR) is 89.8 cm³/mol. The van der Waals surface area contributed by atoms with Crippen molar-refractivity contribution in [1.82, 2.24) is 4.98 Å². The smallest absolute Gasteiger partial charge is 0.255 e. The Morgan fingerprint density at radius 3 is 2.62 bits per heavy atom. The maximum absolute atomic E-state index is 12.3. The summed E-state index contributed by atoms with van der Waals surface area (Å²) in [5.74, 6) is 0.597. The number of hydrogen-bond acceptors (Lipinski definition) is 3. The molecule has 1 aromatic carbocycles. The van der Waals surface area contributed by atoms with Crippen LogP contribution in [0.1, 0.15) is 29.4 Å². The van der Waals surface area contributed by atoms with Gasteiger partial charge < -0.3 is 10.6 Å². The van der Waals surface area contributed by atoms with Gasteiger partial charge in [-0.05, 0) is 49.7 Å². The maximum Gasteiger partial charge on any atom is 0.255 e. The molecule has 110 valence electrons. The van der Waals surface area contributed by atoms with E-state index in [-0.39, 0.29) is 5.91 Å². The molecule has 1 heterocycles. The first kappa shape index (κ1) is 15.5. The number of halogens is 1. The summed E-state index contributed by atoms with van der Waals surface area (Å²) in [6.45, 7) is 4.81. The van der Waals surface area contributed by atoms with Gasteiger partial charge in [0, 0.05) is 28.0 Å². The fourth-order valence-electron chi connectivity index (χ4n) is 1.88. The molecule has 0 aliphatic rings. The summed E-state index contributed by atoms with van der Waals surface area (Å²) in [5, 5.41) is 6.09. The number of benzene rings is 1. The SMILES string of the molecule is CCCNc1cc(C(=O)Nc2ccc(Br)cc2)cc(C)n1. The van der Waals surface area contributed by atoms with Gasteiger partial charge in [-0.15, -0.1) is 0 Å². The molecule has 2 aromatic rings. The van der Waals surface area contributed by atoms with Crippen molar-refractivity contribution < 1.29 is 4.79 Å². The number of aromatic nitrogens is 1. The molecule has 0 unspecified atom stereocenters. The van der Waals surface area contributed by atoms with Crippen molar-refractivity contribution in [2.24, 2.45) is 0 Å². The van der Waals surface area contributed by atoms with Crippen molar-refractivity contribution in [1.29, 1.82) is 0 Å². The van der Waals surface area contributed by atoms with Gasteiger partial charge in [0.15, 0.2) is 0 Å². The molecule has 0 spiro atoms. The highest BCUT2D eigenvalue weighted by Crippen LogP contribution is 2.16. The number of nitrogens with one attached hydrogen (secondary N) is 2. The molecule has 0 aliphatic heterocycles. The van der Waals surface area contributed by atoms with Crippen molar-refractivity contribution >= 4 is 33.3 Å². The van der Waals surface area contributed by atoms with Crippen molar-refractivity contribution in [3.8, 4) is 0 Å². The van der Waals surface area contributed by atoms with E-state index < -0.39 is 0 Å². The van der Waals surface area contributed by atoms with Crippen LogP contribution in [0.3, 0.4) is 0 Å². The summed E-state index contributed by atoms with van der Waals surface area (Å²) in [5.41, 5.74) is 2.18. The molecule has 0 atom stereocenters. The molecule has 0 aliphatic carbocycles. The van der Waals surface area contributed by atoms with Gasteiger partial charge >= 0.3 is 0 Å². The second-order valence-corrected chi connectivity index (χ2v) is 5.69. The Morgan fingerprint density at radius 2 is 1.95 bits per heavy atom. The van der Waals surface area contributed by atoms with E-state index in [0.717, 1.165) is 34.6 Å². The van der Waals surface area contributed by atoms with Gasteiger partial charge in [0.05, 0.1) is 0 Å². The van der Waals surface area contributed by atoms with E-state index in [1.54, 1.807) is 12.1 Å². The second-order valence-electron chi connectivity index (χ2n) is 4.77. The van der Waals surface area contributed by atoms with Gasteiger partial charge in [0.2, 0.25) is 0 Å². The van der Waals surface area contributed by atoms with Crippen LogP contribution in [0.4, 0.5) is 11.5 Å². The monoisotopic (exact) mass is 347 g/mol. The van der Waals surface area contributed by atoms with Gasteiger partial charge in [0.25, 0.3) is 5.91 Å². The van der Waals surface area contributed by atoms with Crippen LogP contribution in [-0.4, -0.2) is 17.4 Å². The Labute approximate surface area is 133 Å². The third kappa shape index (κ3) is 4.56. The molecule has 5 heteroatoms. The van der Waals surface area contributed by atoms with Crippen molar-refractivity contribution in [3.63, 3.8) is 0 Å². The van der Waals surface area contributed by atoms with E-state index in [4.69, 9.17) is 0 Å². The Kier molecular flexibility index (Phi) is 5.33. The summed E-state index contributed by atoms with van der Waals surface area (Å²) >= 11 is 3.37. The molecule has 0 saturated heterocycles. The number of rotatable bonds is 5. The number of carbonyl (C=O) groups excluding carboxylic acids is 1. The third-order valence-corrected chi connectivity index (χ3v) is 3.40. The Balaban J connectivity index is 2.14. The lowest BCUT2D eigenvalue weighted by Gasteiger charge is -2.09. The number of aryl methyl sites for hydroxylation is 1. The lowest BCUT2D eigenvalue weighted by molar-refractivity contribution is 0.102. The molecule has 0 bridgehead atoms. The summed E-state index contributed by atoms with van der Waals surface area (Å²) in [4.78, 5) is 16.7. The average molecular weight is 348 g/mol. The Hall–Kier alpha value is -1.88. The predicted octanol–water partition coefficient (Wildman–Crippen LogP) is 4.23. The molecule has 4 nitrogen and oxygen atoms in total. The first-order valence-electron chi connectivity index (χ1n) is 6.88. The highest BCUT2D eigenvalue weighted by atomic mass is 79.9. The normalized spacial score (nSPS) is 10.2. The summed E-state index contributed by atoms with van der Waals surface area (Å²) < 4.78 is 0.978. The standard InChI is InChI=1S/C16H18BrN3O/c1-3-8-18-15-10-12(9-11(2)19-15)16(21)20-14-6-4-13(17)5-7-14/h4-7,9-10H,3,8H2,1-2H3,(H,18,19)(H,20,21). The molecule has 1 aromatic heterocycles. The quantitative estimate of drug-likeness (QED) is 0.850. The van der Waals surface area contributed by atoms with Gasteiger partial charge in [-0.1, -0.05) is 22.9 Å². The van der Waals surface area contributed by atoms with Crippen LogP contribution in [0.5, 0.6) is 0 Å². The zero-order chi connectivity index (χ0) is 15.2. The molecule has 0 radical (unpaired) electrons. The average Bonchev–Trinajstić information content (AvgIpc) is 2.47. The Bertz CT molecular complexity index is 626. The molecule has 21 heavy (non-hydrogen) atoms. The third-order valence-electron chi connectivity index (χ3n) is 2.87. The number of pyridine rings is 1. The van der Waals surface area contributed by atoms with Gasteiger partial charge in [0.1, 0.15) is 5.82 Å². The lowest BCUT2D eigenvalue weighted by Crippen LogP contribution is -2.13. The minimum absolute atomic E-state index is 0.137. The summed E-state index contributed by atoms with van der Waals surface area (Å²) in [6, 6.07) is 11.0. The van der Waals surface area contributed by atoms with Crippen LogP contribution >= 0.6 is 15.9 Å². The van der Waals surface area contributed by atoms with Crippen LogP contribution in [0.15, 0.2) is 40.9 Å². The van der Waals surface area contributed by atoms with Crippen LogP contribution in [0.25, 0.3) is 0 Å². The molecule has 1 amide bonds. The highest BCUT2D eigenvalue weighted by Gasteiger charge is 2.09. The number of carbonyl (C=O) groups is 1. The first-order chi connectivity index (χ1) is 10.1. The van der Waals surface area contributed by atoms with E-state index >= 15 is 0 Å². The maximum atomic E-state index is 12.3. The van der Waals surface area contributed by atoms with Crippen LogP contribution < -0.4 is 10.6 Å². The largest absolute Gasteiger partial charge is 0.370 e. The fourth-order valence-corrected chi connectivity index (χ4v) is 2.14. The van der Waals surface area contributed by atoms with Gasteiger partial charge in [-0.25, -0.2) is 4.98 Å². The minimum Gasteiger partial charge on any atom is -0.370 e. The molecular weight excluding hydrogens is 330 g/mol. The van der Waals surface area contributed by atoms with Crippen molar-refractivity contribution in [3.05, 3.63) is 52.1 Å². The number of anilines is 2. The van der Waals surface area contributed by atoms with Gasteiger partial charge in [-0.2, -0.15) is 0 Å². The number of hydrogen-bond donors (Lipinski definition) is 2. The molecular formula is C16H18BrN3O. The lowest BCUT2D eigenvalue weighted by atomic mass is 10.2. The van der Waals surface area contributed by atoms with E-state index in [0.29, 0.717) is 5.56 Å². The van der Waals surface area contributed by atoms with Crippen LogP contribution in [-0.2, 0) is 0 Å². The first-order valence-corrected chi connectivity index (χ1v) is 7.67. The topological polar surface area (TPSA) is 54.0 Å². The van der Waals surface area contributed by atoms with Crippen LogP contribution in [0, 0.1) is 6.92 Å². The highest BCUT2D eigenvalue weighted by molar-refractivity contribution is 9.10. The fraction of sp³-hybridized carbons (Fsp3) is 0.250. The zero-order valence-corrected chi connectivity index (χ0v) is 13.7. The summed E-state index contributed by atoms with van der Waals surface area (Å²) in [6.07, 6.45) is 1.01. The second kappa shape index (κ2) is 7.22. The Morgan fingerprint density at radius 1 is 1.24 bits per heavy atom. The van der Waals surface area contributed by atoms with E-state index in [9.17, 15) is 4.79 Å². The van der Waals surface area contributed by atoms with E-state index in [1.807, 2.05) is 31.2 Å². The molecule has 2 rings (SSSR count). The van der Waals surface area contributed by atoms with Crippen molar-refractivity contribution in [2.75, 3.05) is 17.2 Å².